The third kappa shape index (κ3) is 6.31. The number of amides is 1. The summed E-state index contributed by atoms with van der Waals surface area (Å²) in [5.74, 6) is -0.0783. The first kappa shape index (κ1) is 21.9. The molecule has 146 valence electrons. The molecule has 1 amide bonds. The Kier molecular flexibility index (Phi) is 7.85. The molecule has 0 bridgehead atoms. The Morgan fingerprint density at radius 2 is 1.78 bits per heavy atom. The number of benzene rings is 2. The van der Waals surface area contributed by atoms with Crippen LogP contribution in [0.4, 0.5) is 0 Å². The van der Waals surface area contributed by atoms with Crippen LogP contribution in [0.3, 0.4) is 0 Å². The van der Waals surface area contributed by atoms with E-state index in [-0.39, 0.29) is 29.8 Å². The summed E-state index contributed by atoms with van der Waals surface area (Å²) >= 11 is 9.49. The van der Waals surface area contributed by atoms with Gasteiger partial charge < -0.3 is 5.32 Å². The molecule has 0 aliphatic carbocycles. The Labute approximate surface area is 173 Å². The molecule has 0 saturated heterocycles. The lowest BCUT2D eigenvalue weighted by Crippen LogP contribution is -2.41. The van der Waals surface area contributed by atoms with E-state index < -0.39 is 10.0 Å². The molecule has 0 radical (unpaired) electrons. The molecule has 0 aromatic heterocycles. The summed E-state index contributed by atoms with van der Waals surface area (Å²) in [7, 11) is -3.87. The van der Waals surface area contributed by atoms with E-state index in [9.17, 15) is 13.2 Å². The van der Waals surface area contributed by atoms with Gasteiger partial charge in [-0.2, -0.15) is 4.31 Å². The largest absolute Gasteiger partial charge is 0.355 e. The third-order valence-electron chi connectivity index (χ3n) is 3.78. The molecule has 8 heteroatoms. The zero-order chi connectivity index (χ0) is 20.0. The molecule has 2 aromatic rings. The molecule has 1 N–H and O–H groups in total. The average molecular weight is 474 g/mol. The average Bonchev–Trinajstić information content (AvgIpc) is 2.61. The van der Waals surface area contributed by atoms with Crippen molar-refractivity contribution >= 4 is 43.5 Å². The van der Waals surface area contributed by atoms with Crippen LogP contribution in [-0.2, 0) is 21.4 Å². The number of nitrogens with one attached hydrogen (secondary N) is 1. The van der Waals surface area contributed by atoms with Gasteiger partial charge in [-0.1, -0.05) is 59.6 Å². The van der Waals surface area contributed by atoms with Crippen molar-refractivity contribution in [3.05, 3.63) is 63.6 Å². The molecule has 0 aliphatic heterocycles. The summed E-state index contributed by atoms with van der Waals surface area (Å²) in [5, 5.41) is 3.21. The predicted molar refractivity (Wildman–Crippen MR) is 111 cm³/mol. The van der Waals surface area contributed by atoms with E-state index in [2.05, 4.69) is 21.2 Å². The number of hydrogen-bond acceptors (Lipinski definition) is 3. The monoisotopic (exact) mass is 472 g/mol. The summed E-state index contributed by atoms with van der Waals surface area (Å²) in [4.78, 5) is 12.4. The highest BCUT2D eigenvalue weighted by Gasteiger charge is 2.27. The van der Waals surface area contributed by atoms with Gasteiger partial charge in [0, 0.05) is 22.6 Å². The number of sulfonamides is 1. The minimum Gasteiger partial charge on any atom is -0.355 e. The summed E-state index contributed by atoms with van der Waals surface area (Å²) < 4.78 is 28.2. The Morgan fingerprint density at radius 3 is 2.37 bits per heavy atom. The molecule has 0 atom stereocenters. The number of rotatable bonds is 8. The van der Waals surface area contributed by atoms with Crippen LogP contribution in [0.25, 0.3) is 0 Å². The molecule has 0 fully saturated rings. The highest BCUT2D eigenvalue weighted by molar-refractivity contribution is 9.10. The van der Waals surface area contributed by atoms with Gasteiger partial charge in [0.2, 0.25) is 15.9 Å². The fraction of sp³-hybridized carbons (Fsp3) is 0.316. The fourth-order valence-electron chi connectivity index (χ4n) is 2.33. The second-order valence-corrected chi connectivity index (χ2v) is 9.78. The maximum atomic E-state index is 13.1. The van der Waals surface area contributed by atoms with Gasteiger partial charge in [0.15, 0.2) is 0 Å². The molecule has 0 heterocycles. The lowest BCUT2D eigenvalue weighted by Gasteiger charge is -2.23. The van der Waals surface area contributed by atoms with Gasteiger partial charge in [0.1, 0.15) is 0 Å². The first-order valence-corrected chi connectivity index (χ1v) is 11.1. The van der Waals surface area contributed by atoms with Crippen molar-refractivity contribution in [1.29, 1.82) is 0 Å². The van der Waals surface area contributed by atoms with Crippen LogP contribution in [0.15, 0.2) is 57.9 Å². The summed E-state index contributed by atoms with van der Waals surface area (Å²) in [6.45, 7) is 4.15. The van der Waals surface area contributed by atoms with Crippen molar-refractivity contribution in [2.75, 3.05) is 13.1 Å². The Bertz CT molecular complexity index is 886. The van der Waals surface area contributed by atoms with E-state index in [1.165, 1.54) is 12.1 Å². The van der Waals surface area contributed by atoms with Gasteiger partial charge in [-0.15, -0.1) is 0 Å². The zero-order valence-electron chi connectivity index (χ0n) is 15.2. The lowest BCUT2D eigenvalue weighted by molar-refractivity contribution is -0.121. The molecule has 0 saturated carbocycles. The predicted octanol–water partition coefficient (Wildman–Crippen LogP) is 4.07. The first-order chi connectivity index (χ1) is 12.7. The van der Waals surface area contributed by atoms with Crippen molar-refractivity contribution in [2.45, 2.75) is 25.3 Å². The van der Waals surface area contributed by atoms with Crippen LogP contribution in [0, 0.1) is 5.92 Å². The van der Waals surface area contributed by atoms with E-state index in [4.69, 9.17) is 11.6 Å². The Morgan fingerprint density at radius 1 is 1.15 bits per heavy atom. The number of carbonyl (C=O) groups excluding carboxylic acids is 1. The number of carbonyl (C=O) groups is 1. The van der Waals surface area contributed by atoms with Crippen molar-refractivity contribution in [3.63, 3.8) is 0 Å². The molecule has 2 rings (SSSR count). The van der Waals surface area contributed by atoms with Gasteiger partial charge >= 0.3 is 0 Å². The van der Waals surface area contributed by atoms with E-state index in [1.807, 2.05) is 13.8 Å². The SMILES string of the molecule is CC(C)CNC(=O)CN(Cc1ccccc1Cl)S(=O)(=O)c1ccc(Br)cc1. The summed E-state index contributed by atoms with van der Waals surface area (Å²) in [6.07, 6.45) is 0. The van der Waals surface area contributed by atoms with Gasteiger partial charge in [0.25, 0.3) is 0 Å². The second kappa shape index (κ2) is 9.68. The van der Waals surface area contributed by atoms with E-state index in [1.54, 1.807) is 36.4 Å². The Hall–Kier alpha value is -1.41. The first-order valence-electron chi connectivity index (χ1n) is 8.46. The van der Waals surface area contributed by atoms with Crippen LogP contribution in [-0.4, -0.2) is 31.7 Å². The second-order valence-electron chi connectivity index (χ2n) is 6.52. The maximum absolute atomic E-state index is 13.1. The molecular formula is C19H22BrClN2O3S. The Balaban J connectivity index is 2.32. The molecule has 0 unspecified atom stereocenters. The number of halogens is 2. The zero-order valence-corrected chi connectivity index (χ0v) is 18.3. The van der Waals surface area contributed by atoms with E-state index in [0.29, 0.717) is 17.1 Å². The van der Waals surface area contributed by atoms with Crippen molar-refractivity contribution in [3.8, 4) is 0 Å². The number of hydrogen-bond donors (Lipinski definition) is 1. The topological polar surface area (TPSA) is 66.5 Å². The minimum atomic E-state index is -3.87. The van der Waals surface area contributed by atoms with Gasteiger partial charge in [-0.05, 0) is 41.8 Å². The van der Waals surface area contributed by atoms with E-state index >= 15 is 0 Å². The van der Waals surface area contributed by atoms with E-state index in [0.717, 1.165) is 8.78 Å². The van der Waals surface area contributed by atoms with Crippen molar-refractivity contribution < 1.29 is 13.2 Å². The highest BCUT2D eigenvalue weighted by atomic mass is 79.9. The quantitative estimate of drug-likeness (QED) is 0.628. The number of nitrogens with zero attached hydrogens (tertiary/aromatic N) is 1. The van der Waals surface area contributed by atoms with Crippen LogP contribution in [0.2, 0.25) is 5.02 Å². The normalized spacial score (nSPS) is 11.8. The smallest absolute Gasteiger partial charge is 0.243 e. The third-order valence-corrected chi connectivity index (χ3v) is 6.49. The van der Waals surface area contributed by atoms with Crippen LogP contribution >= 0.6 is 27.5 Å². The van der Waals surface area contributed by atoms with Crippen molar-refractivity contribution in [1.82, 2.24) is 9.62 Å². The van der Waals surface area contributed by atoms with Gasteiger partial charge in [-0.25, -0.2) is 8.42 Å². The summed E-state index contributed by atoms with van der Waals surface area (Å²) in [5.41, 5.74) is 0.636. The standard InChI is InChI=1S/C19H22BrClN2O3S/c1-14(2)11-22-19(24)13-23(12-15-5-3-4-6-18(15)21)27(25,26)17-9-7-16(20)8-10-17/h3-10,14H,11-13H2,1-2H3,(H,22,24). The van der Waals surface area contributed by atoms with Crippen molar-refractivity contribution in [2.24, 2.45) is 5.92 Å². The maximum Gasteiger partial charge on any atom is 0.243 e. The molecular weight excluding hydrogens is 452 g/mol. The lowest BCUT2D eigenvalue weighted by atomic mass is 10.2. The fourth-order valence-corrected chi connectivity index (χ4v) is 4.17. The summed E-state index contributed by atoms with van der Waals surface area (Å²) in [6, 6.07) is 13.3. The molecule has 0 aliphatic rings. The van der Waals surface area contributed by atoms with Gasteiger partial charge in [0.05, 0.1) is 11.4 Å². The molecule has 27 heavy (non-hydrogen) atoms. The van der Waals surface area contributed by atoms with Crippen LogP contribution < -0.4 is 5.32 Å². The highest BCUT2D eigenvalue weighted by Crippen LogP contribution is 2.23. The minimum absolute atomic E-state index is 0.00711. The van der Waals surface area contributed by atoms with Gasteiger partial charge in [-0.3, -0.25) is 4.79 Å². The molecule has 0 spiro atoms. The van der Waals surface area contributed by atoms with Crippen LogP contribution in [0.1, 0.15) is 19.4 Å². The molecule has 5 nitrogen and oxygen atoms in total. The van der Waals surface area contributed by atoms with Crippen LogP contribution in [0.5, 0.6) is 0 Å². The molecule has 2 aromatic carbocycles.